The number of hydrogen-bond donors (Lipinski definition) is 1. The van der Waals surface area contributed by atoms with Gasteiger partial charge in [-0.15, -0.1) is 0 Å². The van der Waals surface area contributed by atoms with Gasteiger partial charge in [-0.25, -0.2) is 13.6 Å². The molecule has 2 aromatic rings. The fourth-order valence-electron chi connectivity index (χ4n) is 2.65. The van der Waals surface area contributed by atoms with Crippen LogP contribution in [0.25, 0.3) is 6.08 Å². The monoisotopic (exact) mass is 370 g/mol. The zero-order valence-electron chi connectivity index (χ0n) is 13.0. The fraction of sp³-hybridized carbons (Fsp3) is 0.167. The van der Waals surface area contributed by atoms with E-state index in [0.29, 0.717) is 11.1 Å². The van der Waals surface area contributed by atoms with Crippen LogP contribution in [0.15, 0.2) is 42.0 Å². The molecule has 2 aromatic carbocycles. The highest BCUT2D eigenvalue weighted by atomic mass is 19.4. The van der Waals surface area contributed by atoms with Gasteiger partial charge in [-0.3, -0.25) is 0 Å². The molecule has 0 aromatic heterocycles. The first-order valence-electron chi connectivity index (χ1n) is 7.40. The number of hydrogen-bond acceptors (Lipinski definition) is 2. The molecular weight excluding hydrogens is 359 g/mol. The van der Waals surface area contributed by atoms with Crippen molar-refractivity contribution in [3.63, 3.8) is 0 Å². The van der Waals surface area contributed by atoms with Crippen LogP contribution in [0, 0.1) is 11.6 Å². The van der Waals surface area contributed by atoms with Crippen LogP contribution in [0.1, 0.15) is 16.7 Å². The summed E-state index contributed by atoms with van der Waals surface area (Å²) in [6.07, 6.45) is -6.41. The Morgan fingerprint density at radius 2 is 1.69 bits per heavy atom. The second-order valence-electron chi connectivity index (χ2n) is 5.74. The summed E-state index contributed by atoms with van der Waals surface area (Å²) in [7, 11) is 0. The summed E-state index contributed by atoms with van der Waals surface area (Å²) in [5.74, 6) is -3.87. The molecule has 136 valence electrons. The Hall–Kier alpha value is -2.90. The topological polar surface area (TPSA) is 46.5 Å². The lowest BCUT2D eigenvalue weighted by molar-refractivity contribution is -0.187. The van der Waals surface area contributed by atoms with Crippen molar-refractivity contribution in [2.24, 2.45) is 0 Å². The molecule has 0 radical (unpaired) electrons. The number of rotatable bonds is 3. The number of alkyl halides is 3. The number of carboxylic acid groups (broad SMARTS) is 1. The molecule has 0 amide bonds. The van der Waals surface area contributed by atoms with E-state index in [-0.39, 0.29) is 17.7 Å². The molecular formula is C18H11F5O3. The highest BCUT2D eigenvalue weighted by Crippen LogP contribution is 2.37. The Balaban J connectivity index is 1.94. The Labute approximate surface area is 144 Å². The number of aliphatic carboxylic acids is 1. The second kappa shape index (κ2) is 6.44. The summed E-state index contributed by atoms with van der Waals surface area (Å²) in [5, 5.41) is 8.98. The fourth-order valence-corrected chi connectivity index (χ4v) is 2.65. The molecule has 1 heterocycles. The maximum atomic E-state index is 13.3. The van der Waals surface area contributed by atoms with Crippen LogP contribution >= 0.6 is 0 Å². The van der Waals surface area contributed by atoms with Gasteiger partial charge < -0.3 is 9.84 Å². The van der Waals surface area contributed by atoms with Gasteiger partial charge in [0.2, 0.25) is 6.10 Å². The molecule has 0 fully saturated rings. The quantitative estimate of drug-likeness (QED) is 0.818. The number of benzene rings is 2. The first-order chi connectivity index (χ1) is 12.1. The average molecular weight is 370 g/mol. The molecule has 8 heteroatoms. The molecule has 3 rings (SSSR count). The van der Waals surface area contributed by atoms with Crippen LogP contribution in [-0.4, -0.2) is 23.4 Å². The molecule has 1 unspecified atom stereocenters. The van der Waals surface area contributed by atoms with E-state index < -0.39 is 35.5 Å². The Bertz CT molecular complexity index is 902. The first kappa shape index (κ1) is 17.9. The van der Waals surface area contributed by atoms with Gasteiger partial charge in [0.25, 0.3) is 0 Å². The van der Waals surface area contributed by atoms with Crippen molar-refractivity contribution in [1.82, 2.24) is 0 Å². The van der Waals surface area contributed by atoms with Crippen molar-refractivity contribution in [2.45, 2.75) is 18.7 Å². The number of fused-ring (bicyclic) bond motifs is 1. The highest BCUT2D eigenvalue weighted by Gasteiger charge is 2.48. The van der Waals surface area contributed by atoms with E-state index in [4.69, 9.17) is 9.84 Å². The normalized spacial score (nSPS) is 16.5. The SMILES string of the molecule is O=C(O)C1=Cc2ccc(Cc3ccc(F)c(F)c3)cc2OC1C(F)(F)F. The van der Waals surface area contributed by atoms with E-state index in [1.807, 2.05) is 0 Å². The predicted octanol–water partition coefficient (Wildman–Crippen LogP) is 4.35. The van der Waals surface area contributed by atoms with Gasteiger partial charge >= 0.3 is 12.1 Å². The minimum atomic E-state index is -4.89. The van der Waals surface area contributed by atoms with E-state index in [1.165, 1.54) is 18.2 Å². The smallest absolute Gasteiger partial charge is 0.430 e. The lowest BCUT2D eigenvalue weighted by Crippen LogP contribution is -2.40. The predicted molar refractivity (Wildman–Crippen MR) is 81.7 cm³/mol. The van der Waals surface area contributed by atoms with Gasteiger partial charge in [0.05, 0.1) is 5.57 Å². The minimum Gasteiger partial charge on any atom is -0.478 e. The van der Waals surface area contributed by atoms with Gasteiger partial charge in [-0.1, -0.05) is 18.2 Å². The molecule has 1 aliphatic heterocycles. The molecule has 1 aliphatic rings. The van der Waals surface area contributed by atoms with Crippen molar-refractivity contribution in [2.75, 3.05) is 0 Å². The Kier molecular flexibility index (Phi) is 4.43. The highest BCUT2D eigenvalue weighted by molar-refractivity contribution is 5.95. The summed E-state index contributed by atoms with van der Waals surface area (Å²) < 4.78 is 70.3. The van der Waals surface area contributed by atoms with Crippen LogP contribution in [0.2, 0.25) is 0 Å². The average Bonchev–Trinajstić information content (AvgIpc) is 2.56. The number of halogens is 5. The van der Waals surface area contributed by atoms with Gasteiger partial charge in [0.1, 0.15) is 5.75 Å². The van der Waals surface area contributed by atoms with Gasteiger partial charge in [-0.2, -0.15) is 13.2 Å². The number of ether oxygens (including phenoxy) is 1. The first-order valence-corrected chi connectivity index (χ1v) is 7.40. The molecule has 1 N–H and O–H groups in total. The zero-order chi connectivity index (χ0) is 19.1. The van der Waals surface area contributed by atoms with Crippen molar-refractivity contribution in [3.8, 4) is 5.75 Å². The summed E-state index contributed by atoms with van der Waals surface area (Å²) in [5.41, 5.74) is 0.215. The van der Waals surface area contributed by atoms with Crippen LogP contribution in [0.4, 0.5) is 22.0 Å². The van der Waals surface area contributed by atoms with Gasteiger partial charge in [-0.05, 0) is 41.8 Å². The molecule has 26 heavy (non-hydrogen) atoms. The van der Waals surface area contributed by atoms with E-state index >= 15 is 0 Å². The molecule has 1 atom stereocenters. The third-order valence-corrected chi connectivity index (χ3v) is 3.85. The third-order valence-electron chi connectivity index (χ3n) is 3.85. The van der Waals surface area contributed by atoms with Crippen LogP contribution in [0.3, 0.4) is 0 Å². The third kappa shape index (κ3) is 3.54. The molecule has 0 aliphatic carbocycles. The molecule has 0 spiro atoms. The second-order valence-corrected chi connectivity index (χ2v) is 5.74. The Morgan fingerprint density at radius 1 is 1.04 bits per heavy atom. The van der Waals surface area contributed by atoms with E-state index in [9.17, 15) is 26.7 Å². The lowest BCUT2D eigenvalue weighted by Gasteiger charge is -2.27. The minimum absolute atomic E-state index is 0.127. The zero-order valence-corrected chi connectivity index (χ0v) is 13.0. The van der Waals surface area contributed by atoms with E-state index in [0.717, 1.165) is 18.2 Å². The summed E-state index contributed by atoms with van der Waals surface area (Å²) in [4.78, 5) is 11.1. The van der Waals surface area contributed by atoms with Gasteiger partial charge in [0.15, 0.2) is 11.6 Å². The largest absolute Gasteiger partial charge is 0.478 e. The summed E-state index contributed by atoms with van der Waals surface area (Å²) >= 11 is 0. The van der Waals surface area contributed by atoms with Crippen molar-refractivity contribution in [1.29, 1.82) is 0 Å². The standard InChI is InChI=1S/C18H11F5O3/c19-13-4-2-9(6-14(13)20)5-10-1-3-11-8-12(17(24)25)16(18(21,22)23)26-15(11)7-10/h1-4,6-8,16H,5H2,(H,24,25). The van der Waals surface area contributed by atoms with Crippen molar-refractivity contribution >= 4 is 12.0 Å². The lowest BCUT2D eigenvalue weighted by atomic mass is 9.98. The molecule has 0 bridgehead atoms. The van der Waals surface area contributed by atoms with E-state index in [1.54, 1.807) is 6.07 Å². The van der Waals surface area contributed by atoms with Crippen LogP contribution in [0.5, 0.6) is 5.75 Å². The molecule has 3 nitrogen and oxygen atoms in total. The van der Waals surface area contributed by atoms with Crippen LogP contribution < -0.4 is 4.74 Å². The van der Waals surface area contributed by atoms with Crippen molar-refractivity contribution in [3.05, 3.63) is 70.3 Å². The summed E-state index contributed by atoms with van der Waals surface area (Å²) in [6.45, 7) is 0. The molecule has 0 saturated heterocycles. The maximum absolute atomic E-state index is 13.3. The van der Waals surface area contributed by atoms with Crippen molar-refractivity contribution < 1.29 is 36.6 Å². The Morgan fingerprint density at radius 3 is 2.31 bits per heavy atom. The van der Waals surface area contributed by atoms with Crippen LogP contribution in [-0.2, 0) is 11.2 Å². The maximum Gasteiger partial charge on any atom is 0.430 e. The summed E-state index contributed by atoms with van der Waals surface area (Å²) in [6, 6.07) is 7.61. The van der Waals surface area contributed by atoms with Gasteiger partial charge in [0, 0.05) is 5.56 Å². The number of carboxylic acids is 1. The molecule has 0 saturated carbocycles. The number of carbonyl (C=O) groups is 1. The van der Waals surface area contributed by atoms with E-state index in [2.05, 4.69) is 0 Å².